The first-order valence-electron chi connectivity index (χ1n) is 7.67. The van der Waals surface area contributed by atoms with Crippen molar-refractivity contribution < 1.29 is 19.6 Å². The zero-order valence-corrected chi connectivity index (χ0v) is 12.4. The van der Waals surface area contributed by atoms with Crippen LogP contribution in [0, 0.1) is 5.82 Å². The summed E-state index contributed by atoms with van der Waals surface area (Å²) in [4.78, 5) is 0. The van der Waals surface area contributed by atoms with Crippen LogP contribution >= 0.6 is 0 Å². The zero-order valence-electron chi connectivity index (χ0n) is 12.4. The van der Waals surface area contributed by atoms with Crippen molar-refractivity contribution in [2.45, 2.75) is 25.0 Å². The van der Waals surface area contributed by atoms with E-state index in [-0.39, 0.29) is 12.4 Å². The number of fused-ring (bicyclic) bond motifs is 1. The smallest absolute Gasteiger partial charge is 0.137 e. The Morgan fingerprint density at radius 3 is 2.36 bits per heavy atom. The van der Waals surface area contributed by atoms with Gasteiger partial charge in [-0.1, -0.05) is 24.3 Å². The predicted molar refractivity (Wildman–Crippen MR) is 82.3 cm³/mol. The minimum Gasteiger partial charge on any atom is -0.491 e. The molecule has 1 aliphatic carbocycles. The number of quaternary nitrogens is 1. The summed E-state index contributed by atoms with van der Waals surface area (Å²) in [6.45, 7) is 0.835. The van der Waals surface area contributed by atoms with Gasteiger partial charge in [0.15, 0.2) is 0 Å². The monoisotopic (exact) mass is 302 g/mol. The summed E-state index contributed by atoms with van der Waals surface area (Å²) < 4.78 is 18.2. The Kier molecular flexibility index (Phi) is 4.71. The second-order valence-corrected chi connectivity index (χ2v) is 5.83. The number of benzene rings is 2. The molecule has 0 fully saturated rings. The van der Waals surface area contributed by atoms with Gasteiger partial charge in [0.1, 0.15) is 30.8 Å². The number of hydrogen-bond acceptors (Lipinski definition) is 2. The lowest BCUT2D eigenvalue weighted by Crippen LogP contribution is -2.92. The van der Waals surface area contributed by atoms with Gasteiger partial charge in [-0.05, 0) is 35.4 Å². The van der Waals surface area contributed by atoms with Crippen LogP contribution in [-0.4, -0.2) is 30.4 Å². The van der Waals surface area contributed by atoms with Gasteiger partial charge in [-0.25, -0.2) is 4.39 Å². The van der Waals surface area contributed by atoms with Crippen molar-refractivity contribution in [3.8, 4) is 5.75 Å². The maximum atomic E-state index is 12.8. The molecular weight excluding hydrogens is 281 g/mol. The number of ether oxygens (including phenoxy) is 1. The largest absolute Gasteiger partial charge is 0.491 e. The Morgan fingerprint density at radius 2 is 1.73 bits per heavy atom. The van der Waals surface area contributed by atoms with Gasteiger partial charge in [-0.15, -0.1) is 0 Å². The van der Waals surface area contributed by atoms with Crippen molar-refractivity contribution in [2.75, 3.05) is 13.2 Å². The molecular formula is C18H21FNO2+. The number of nitrogens with two attached hydrogens (primary N) is 1. The average molecular weight is 302 g/mol. The van der Waals surface area contributed by atoms with E-state index < -0.39 is 6.10 Å². The molecule has 0 heterocycles. The normalized spacial score (nSPS) is 15.5. The first-order chi connectivity index (χ1) is 10.7. The van der Waals surface area contributed by atoms with Crippen molar-refractivity contribution in [3.63, 3.8) is 0 Å². The van der Waals surface area contributed by atoms with Crippen molar-refractivity contribution in [3.05, 3.63) is 65.5 Å². The highest BCUT2D eigenvalue weighted by Crippen LogP contribution is 2.19. The third-order valence-electron chi connectivity index (χ3n) is 4.08. The van der Waals surface area contributed by atoms with Crippen molar-refractivity contribution >= 4 is 0 Å². The summed E-state index contributed by atoms with van der Waals surface area (Å²) >= 11 is 0. The first-order valence-corrected chi connectivity index (χ1v) is 7.67. The molecule has 0 unspecified atom stereocenters. The van der Waals surface area contributed by atoms with Crippen LogP contribution in [0.2, 0.25) is 0 Å². The van der Waals surface area contributed by atoms with Crippen LogP contribution < -0.4 is 10.1 Å². The highest BCUT2D eigenvalue weighted by Gasteiger charge is 2.24. The number of aliphatic hydroxyl groups is 1. The summed E-state index contributed by atoms with van der Waals surface area (Å²) in [5, 5.41) is 12.2. The van der Waals surface area contributed by atoms with E-state index in [9.17, 15) is 9.50 Å². The van der Waals surface area contributed by atoms with E-state index in [1.807, 2.05) is 0 Å². The van der Waals surface area contributed by atoms with Crippen LogP contribution in [0.25, 0.3) is 0 Å². The van der Waals surface area contributed by atoms with E-state index in [0.717, 1.165) is 12.8 Å². The molecule has 1 atom stereocenters. The molecule has 1 aliphatic rings. The fourth-order valence-electron chi connectivity index (χ4n) is 2.90. The quantitative estimate of drug-likeness (QED) is 0.845. The van der Waals surface area contributed by atoms with Gasteiger partial charge in [-0.3, -0.25) is 0 Å². The lowest BCUT2D eigenvalue weighted by molar-refractivity contribution is -0.693. The number of hydrogen-bond donors (Lipinski definition) is 2. The lowest BCUT2D eigenvalue weighted by atomic mass is 10.1. The van der Waals surface area contributed by atoms with Crippen LogP contribution in [0.15, 0.2) is 48.5 Å². The molecule has 3 nitrogen and oxygen atoms in total. The molecule has 0 aromatic heterocycles. The van der Waals surface area contributed by atoms with Crippen LogP contribution in [0.5, 0.6) is 5.75 Å². The summed E-state index contributed by atoms with van der Waals surface area (Å²) in [6, 6.07) is 14.8. The zero-order chi connectivity index (χ0) is 15.4. The van der Waals surface area contributed by atoms with Crippen LogP contribution in [0.1, 0.15) is 11.1 Å². The van der Waals surface area contributed by atoms with Crippen LogP contribution in [-0.2, 0) is 12.8 Å². The fourth-order valence-corrected chi connectivity index (χ4v) is 2.90. The van der Waals surface area contributed by atoms with Gasteiger partial charge in [0.25, 0.3) is 0 Å². The van der Waals surface area contributed by atoms with E-state index in [1.54, 1.807) is 12.1 Å². The van der Waals surface area contributed by atoms with Gasteiger partial charge in [-0.2, -0.15) is 0 Å². The van der Waals surface area contributed by atoms with Gasteiger partial charge in [0.2, 0.25) is 0 Å². The molecule has 0 spiro atoms. The number of rotatable bonds is 6. The molecule has 22 heavy (non-hydrogen) atoms. The highest BCUT2D eigenvalue weighted by atomic mass is 19.1. The maximum absolute atomic E-state index is 12.8. The molecule has 0 radical (unpaired) electrons. The lowest BCUT2D eigenvalue weighted by Gasteiger charge is -2.14. The Labute approximate surface area is 129 Å². The fraction of sp³-hybridized carbons (Fsp3) is 0.333. The summed E-state index contributed by atoms with van der Waals surface area (Å²) in [5.74, 6) is 0.288. The summed E-state index contributed by atoms with van der Waals surface area (Å²) in [7, 11) is 0. The second kappa shape index (κ2) is 6.90. The second-order valence-electron chi connectivity index (χ2n) is 5.83. The molecule has 0 saturated heterocycles. The Bertz CT molecular complexity index is 590. The van der Waals surface area contributed by atoms with Gasteiger partial charge >= 0.3 is 0 Å². The number of halogens is 1. The summed E-state index contributed by atoms with van der Waals surface area (Å²) in [6.07, 6.45) is 1.58. The van der Waals surface area contributed by atoms with Crippen LogP contribution in [0.4, 0.5) is 4.39 Å². The third kappa shape index (κ3) is 3.84. The van der Waals surface area contributed by atoms with Gasteiger partial charge < -0.3 is 15.2 Å². The molecule has 0 bridgehead atoms. The van der Waals surface area contributed by atoms with E-state index in [0.29, 0.717) is 18.3 Å². The van der Waals surface area contributed by atoms with Gasteiger partial charge in [0, 0.05) is 12.8 Å². The first kappa shape index (κ1) is 15.0. The SMILES string of the molecule is O[C@H](C[NH2+]C1Cc2ccccc2C1)COc1ccc(F)cc1. The van der Waals surface area contributed by atoms with E-state index >= 15 is 0 Å². The summed E-state index contributed by atoms with van der Waals surface area (Å²) in [5.41, 5.74) is 2.83. The van der Waals surface area contributed by atoms with E-state index in [4.69, 9.17) is 4.74 Å². The molecule has 2 aromatic carbocycles. The van der Waals surface area contributed by atoms with Crippen molar-refractivity contribution in [2.24, 2.45) is 0 Å². The minimum atomic E-state index is -0.534. The van der Waals surface area contributed by atoms with Gasteiger partial charge in [0.05, 0.1) is 6.04 Å². The highest BCUT2D eigenvalue weighted by molar-refractivity contribution is 5.32. The molecule has 3 N–H and O–H groups in total. The minimum absolute atomic E-state index is 0.224. The Hall–Kier alpha value is -1.91. The van der Waals surface area contributed by atoms with Crippen molar-refractivity contribution in [1.82, 2.24) is 0 Å². The molecule has 0 saturated carbocycles. The number of aliphatic hydroxyl groups excluding tert-OH is 1. The Balaban J connectivity index is 1.40. The topological polar surface area (TPSA) is 46.1 Å². The Morgan fingerprint density at radius 1 is 1.09 bits per heavy atom. The third-order valence-corrected chi connectivity index (χ3v) is 4.08. The van der Waals surface area contributed by atoms with E-state index in [2.05, 4.69) is 29.6 Å². The van der Waals surface area contributed by atoms with Crippen LogP contribution in [0.3, 0.4) is 0 Å². The van der Waals surface area contributed by atoms with E-state index in [1.165, 1.54) is 23.3 Å². The average Bonchev–Trinajstić information content (AvgIpc) is 2.95. The molecule has 3 rings (SSSR count). The molecule has 2 aromatic rings. The molecule has 0 aliphatic heterocycles. The standard InChI is InChI=1S/C18H20FNO2/c19-15-5-7-18(8-6-15)22-12-17(21)11-20-16-9-13-3-1-2-4-14(13)10-16/h1-8,16-17,20-21H,9-12H2/p+1/t17-/m1/s1. The molecule has 0 amide bonds. The maximum Gasteiger partial charge on any atom is 0.137 e. The molecule has 4 heteroatoms. The predicted octanol–water partition coefficient (Wildman–Crippen LogP) is 1.30. The van der Waals surface area contributed by atoms with Crippen molar-refractivity contribution in [1.29, 1.82) is 0 Å². The molecule has 116 valence electrons.